The van der Waals surface area contributed by atoms with Crippen LogP contribution >= 0.6 is 11.3 Å². The number of anilines is 1. The molecule has 1 aromatic rings. The highest BCUT2D eigenvalue weighted by molar-refractivity contribution is 7.12. The molecule has 0 N–H and O–H groups in total. The zero-order chi connectivity index (χ0) is 12.1. The van der Waals surface area contributed by atoms with Gasteiger partial charge in [-0.15, -0.1) is 11.3 Å². The van der Waals surface area contributed by atoms with Crippen molar-refractivity contribution >= 4 is 17.0 Å². The van der Waals surface area contributed by atoms with Gasteiger partial charge in [0, 0.05) is 28.3 Å². The van der Waals surface area contributed by atoms with E-state index in [0.717, 1.165) is 0 Å². The van der Waals surface area contributed by atoms with Gasteiger partial charge in [0.25, 0.3) is 0 Å². The lowest BCUT2D eigenvalue weighted by Gasteiger charge is -2.34. The van der Waals surface area contributed by atoms with Crippen LogP contribution in [0.2, 0.25) is 0 Å². The van der Waals surface area contributed by atoms with Crippen LogP contribution in [0.15, 0.2) is 6.07 Å². The van der Waals surface area contributed by atoms with E-state index < -0.39 is 0 Å². The number of thiophene rings is 1. The molecule has 0 aromatic carbocycles. The van der Waals surface area contributed by atoms with E-state index in [0.29, 0.717) is 5.41 Å². The first kappa shape index (κ1) is 12.0. The number of hydrogen-bond donors (Lipinski definition) is 0. The first-order valence-corrected chi connectivity index (χ1v) is 6.92. The summed E-state index contributed by atoms with van der Waals surface area (Å²) >= 11 is 2.01. The van der Waals surface area contributed by atoms with Gasteiger partial charge in [0.05, 0.1) is 5.69 Å². The van der Waals surface area contributed by atoms with Crippen molar-refractivity contribution in [3.8, 4) is 0 Å². The lowest BCUT2D eigenvalue weighted by Crippen LogP contribution is -2.40. The minimum absolute atomic E-state index is 0.251. The third kappa shape index (κ3) is 2.00. The van der Waals surface area contributed by atoms with Crippen molar-refractivity contribution in [3.05, 3.63) is 15.8 Å². The second-order valence-electron chi connectivity index (χ2n) is 6.74. The van der Waals surface area contributed by atoms with Gasteiger partial charge in [-0.05, 0) is 32.3 Å². The zero-order valence-corrected chi connectivity index (χ0v) is 12.2. The van der Waals surface area contributed by atoms with E-state index >= 15 is 0 Å². The van der Waals surface area contributed by atoms with Gasteiger partial charge in [0.15, 0.2) is 0 Å². The minimum atomic E-state index is 0.251. The van der Waals surface area contributed by atoms with Crippen molar-refractivity contribution in [1.82, 2.24) is 0 Å². The van der Waals surface area contributed by atoms with Crippen LogP contribution in [0, 0.1) is 0 Å². The molecule has 2 rings (SSSR count). The molecular weight excluding hydrogens is 214 g/mol. The van der Waals surface area contributed by atoms with Gasteiger partial charge in [0.1, 0.15) is 0 Å². The maximum atomic E-state index is 2.55. The van der Waals surface area contributed by atoms with Crippen LogP contribution in [0.4, 0.5) is 5.69 Å². The fourth-order valence-electron chi connectivity index (χ4n) is 2.23. The van der Waals surface area contributed by atoms with Crippen LogP contribution < -0.4 is 4.90 Å². The second kappa shape index (κ2) is 3.49. The number of hydrogen-bond acceptors (Lipinski definition) is 2. The summed E-state index contributed by atoms with van der Waals surface area (Å²) in [4.78, 5) is 5.65. The van der Waals surface area contributed by atoms with Gasteiger partial charge in [-0.1, -0.05) is 20.8 Å². The number of nitrogens with zero attached hydrogens (tertiary/aromatic N) is 1. The Labute approximate surface area is 103 Å². The second-order valence-corrected chi connectivity index (χ2v) is 7.88. The highest BCUT2D eigenvalue weighted by atomic mass is 32.1. The molecule has 0 aliphatic carbocycles. The quantitative estimate of drug-likeness (QED) is 0.653. The Balaban J connectivity index is 2.38. The van der Waals surface area contributed by atoms with Gasteiger partial charge < -0.3 is 4.90 Å². The lowest BCUT2D eigenvalue weighted by atomic mass is 9.94. The predicted molar refractivity (Wildman–Crippen MR) is 73.8 cm³/mol. The van der Waals surface area contributed by atoms with E-state index in [2.05, 4.69) is 52.5 Å². The molecular formula is C14H23NS. The van der Waals surface area contributed by atoms with Crippen molar-refractivity contribution in [2.45, 2.75) is 58.9 Å². The van der Waals surface area contributed by atoms with Gasteiger partial charge >= 0.3 is 0 Å². The molecule has 0 saturated heterocycles. The fourth-order valence-corrected chi connectivity index (χ4v) is 3.44. The van der Waals surface area contributed by atoms with Crippen LogP contribution in [0.5, 0.6) is 0 Å². The van der Waals surface area contributed by atoms with E-state index in [1.54, 1.807) is 4.88 Å². The van der Waals surface area contributed by atoms with Crippen LogP contribution in [0.3, 0.4) is 0 Å². The molecule has 0 unspecified atom stereocenters. The Bertz CT molecular complexity index is 390. The largest absolute Gasteiger partial charge is 0.365 e. The van der Waals surface area contributed by atoms with Crippen LogP contribution in [-0.4, -0.2) is 12.1 Å². The molecule has 2 heteroatoms. The minimum Gasteiger partial charge on any atom is -0.365 e. The van der Waals surface area contributed by atoms with Crippen molar-refractivity contribution in [2.24, 2.45) is 0 Å². The normalized spacial score (nSPS) is 16.8. The number of rotatable bonds is 0. The Hall–Kier alpha value is -0.500. The molecule has 0 radical (unpaired) electrons. The van der Waals surface area contributed by atoms with Crippen molar-refractivity contribution in [3.63, 3.8) is 0 Å². The van der Waals surface area contributed by atoms with Crippen LogP contribution in [0.1, 0.15) is 51.3 Å². The monoisotopic (exact) mass is 237 g/mol. The molecule has 1 nitrogen and oxygen atoms in total. The van der Waals surface area contributed by atoms with E-state index in [9.17, 15) is 0 Å². The highest BCUT2D eigenvalue weighted by Gasteiger charge is 2.31. The number of fused-ring (bicyclic) bond motifs is 1. The first-order chi connectivity index (χ1) is 7.19. The fraction of sp³-hybridized carbons (Fsp3) is 0.714. The van der Waals surface area contributed by atoms with E-state index in [4.69, 9.17) is 0 Å². The topological polar surface area (TPSA) is 3.24 Å². The summed E-state index contributed by atoms with van der Waals surface area (Å²) in [5, 5.41) is 0. The summed E-state index contributed by atoms with van der Waals surface area (Å²) in [6, 6.07) is 2.41. The summed E-state index contributed by atoms with van der Waals surface area (Å²) in [5.41, 5.74) is 2.03. The zero-order valence-electron chi connectivity index (χ0n) is 11.3. The van der Waals surface area contributed by atoms with E-state index in [1.807, 2.05) is 11.3 Å². The average Bonchev–Trinajstić information content (AvgIpc) is 2.53. The van der Waals surface area contributed by atoms with Crippen molar-refractivity contribution in [1.29, 1.82) is 0 Å². The Morgan fingerprint density at radius 1 is 1.12 bits per heavy atom. The van der Waals surface area contributed by atoms with E-state index in [1.165, 1.54) is 23.5 Å². The Morgan fingerprint density at radius 2 is 1.75 bits per heavy atom. The summed E-state index contributed by atoms with van der Waals surface area (Å²) < 4.78 is 0. The smallest absolute Gasteiger partial charge is 0.0515 e. The molecule has 90 valence electrons. The molecule has 1 aliphatic heterocycles. The summed E-state index contributed by atoms with van der Waals surface area (Å²) in [7, 11) is 0. The highest BCUT2D eigenvalue weighted by Crippen LogP contribution is 2.42. The third-order valence-electron chi connectivity index (χ3n) is 3.19. The predicted octanol–water partition coefficient (Wildman–Crippen LogP) is 4.21. The molecule has 1 aliphatic rings. The summed E-state index contributed by atoms with van der Waals surface area (Å²) in [6.07, 6.45) is 1.23. The maximum Gasteiger partial charge on any atom is 0.0515 e. The molecule has 2 heterocycles. The van der Waals surface area contributed by atoms with Crippen molar-refractivity contribution < 1.29 is 0 Å². The van der Waals surface area contributed by atoms with Crippen molar-refractivity contribution in [2.75, 3.05) is 11.4 Å². The third-order valence-corrected chi connectivity index (χ3v) is 4.80. The Morgan fingerprint density at radius 3 is 2.25 bits per heavy atom. The molecule has 1 aromatic heterocycles. The molecule has 0 bridgehead atoms. The molecule has 0 saturated carbocycles. The standard InChI is InChI=1S/C14H23NS/c1-13(2,3)12-9-10-11(16-12)7-8-15(10)14(4,5)6/h9H,7-8H2,1-6H3. The molecule has 16 heavy (non-hydrogen) atoms. The van der Waals surface area contributed by atoms with Gasteiger partial charge in [-0.2, -0.15) is 0 Å². The summed E-state index contributed by atoms with van der Waals surface area (Å²) in [6.45, 7) is 15.0. The van der Waals surface area contributed by atoms with Crippen LogP contribution in [0.25, 0.3) is 0 Å². The Kier molecular flexibility index (Phi) is 2.61. The van der Waals surface area contributed by atoms with Gasteiger partial charge in [0.2, 0.25) is 0 Å². The van der Waals surface area contributed by atoms with E-state index in [-0.39, 0.29) is 5.54 Å². The first-order valence-electron chi connectivity index (χ1n) is 6.10. The SMILES string of the molecule is CC(C)(C)c1cc2c(s1)CCN2C(C)(C)C. The molecule has 0 fully saturated rings. The average molecular weight is 237 g/mol. The maximum absolute atomic E-state index is 2.55. The summed E-state index contributed by atoms with van der Waals surface area (Å²) in [5.74, 6) is 0. The molecule has 0 amide bonds. The van der Waals surface area contributed by atoms with Crippen LogP contribution in [-0.2, 0) is 11.8 Å². The van der Waals surface area contributed by atoms with Gasteiger partial charge in [-0.3, -0.25) is 0 Å². The molecule has 0 spiro atoms. The van der Waals surface area contributed by atoms with Gasteiger partial charge in [-0.25, -0.2) is 0 Å². The molecule has 0 atom stereocenters. The lowest BCUT2D eigenvalue weighted by molar-refractivity contribution is 0.517.